The van der Waals surface area contributed by atoms with Gasteiger partial charge in [-0.25, -0.2) is 4.39 Å². The maximum atomic E-state index is 14.1. The highest BCUT2D eigenvalue weighted by molar-refractivity contribution is 5.34. The van der Waals surface area contributed by atoms with Gasteiger partial charge in [0.05, 0.1) is 5.56 Å². The molecule has 0 N–H and O–H groups in total. The molecule has 0 aliphatic carbocycles. The number of rotatable bonds is 3. The van der Waals surface area contributed by atoms with Crippen molar-refractivity contribution >= 4 is 0 Å². The SMILES string of the molecule is CCC1CCCCCN1Cc1cccc(C#N)c1F. The molecule has 0 amide bonds. The van der Waals surface area contributed by atoms with Gasteiger partial charge in [-0.15, -0.1) is 0 Å². The molecule has 1 aromatic carbocycles. The maximum Gasteiger partial charge on any atom is 0.145 e. The summed E-state index contributed by atoms with van der Waals surface area (Å²) in [7, 11) is 0. The number of likely N-dealkylation sites (tertiary alicyclic amines) is 1. The van der Waals surface area contributed by atoms with Crippen molar-refractivity contribution in [3.63, 3.8) is 0 Å². The van der Waals surface area contributed by atoms with Gasteiger partial charge in [-0.05, 0) is 31.9 Å². The van der Waals surface area contributed by atoms with Crippen molar-refractivity contribution in [3.8, 4) is 6.07 Å². The highest BCUT2D eigenvalue weighted by Gasteiger charge is 2.21. The van der Waals surface area contributed by atoms with E-state index in [1.54, 1.807) is 18.2 Å². The number of halogens is 1. The lowest BCUT2D eigenvalue weighted by atomic mass is 10.1. The Bertz CT molecular complexity index is 464. The Balaban J connectivity index is 2.17. The number of nitrogens with zero attached hydrogens (tertiary/aromatic N) is 2. The van der Waals surface area contributed by atoms with Crippen LogP contribution >= 0.6 is 0 Å². The fraction of sp³-hybridized carbons (Fsp3) is 0.562. The van der Waals surface area contributed by atoms with Crippen LogP contribution in [0.1, 0.15) is 50.2 Å². The Morgan fingerprint density at radius 3 is 2.95 bits per heavy atom. The first-order valence-electron chi connectivity index (χ1n) is 7.17. The van der Waals surface area contributed by atoms with Crippen LogP contribution in [-0.4, -0.2) is 17.5 Å². The molecule has 0 bridgehead atoms. The lowest BCUT2D eigenvalue weighted by Crippen LogP contribution is -2.34. The van der Waals surface area contributed by atoms with Gasteiger partial charge < -0.3 is 0 Å². The summed E-state index contributed by atoms with van der Waals surface area (Å²) < 4.78 is 14.1. The van der Waals surface area contributed by atoms with Gasteiger partial charge in [0.2, 0.25) is 0 Å². The van der Waals surface area contributed by atoms with Crippen molar-refractivity contribution in [1.82, 2.24) is 4.90 Å². The minimum Gasteiger partial charge on any atom is -0.296 e. The minimum atomic E-state index is -0.343. The predicted octanol–water partition coefficient (Wildman–Crippen LogP) is 3.85. The van der Waals surface area contributed by atoms with E-state index in [0.29, 0.717) is 18.2 Å². The van der Waals surface area contributed by atoms with Crippen molar-refractivity contribution in [2.45, 2.75) is 51.6 Å². The predicted molar refractivity (Wildman–Crippen MR) is 74.1 cm³/mol. The first-order chi connectivity index (χ1) is 9.26. The van der Waals surface area contributed by atoms with Gasteiger partial charge in [-0.2, -0.15) is 5.26 Å². The van der Waals surface area contributed by atoms with Crippen LogP contribution < -0.4 is 0 Å². The van der Waals surface area contributed by atoms with Crippen LogP contribution in [0.3, 0.4) is 0 Å². The Labute approximate surface area is 114 Å². The van der Waals surface area contributed by atoms with Crippen molar-refractivity contribution in [2.24, 2.45) is 0 Å². The molecule has 19 heavy (non-hydrogen) atoms. The van der Waals surface area contributed by atoms with Crippen molar-refractivity contribution in [1.29, 1.82) is 5.26 Å². The van der Waals surface area contributed by atoms with Gasteiger partial charge in [0.25, 0.3) is 0 Å². The summed E-state index contributed by atoms with van der Waals surface area (Å²) in [6.07, 6.45) is 6.05. The van der Waals surface area contributed by atoms with Gasteiger partial charge in [-0.3, -0.25) is 4.90 Å². The van der Waals surface area contributed by atoms with Crippen LogP contribution in [0.5, 0.6) is 0 Å². The first kappa shape index (κ1) is 14.0. The third-order valence-corrected chi connectivity index (χ3v) is 4.04. The van der Waals surface area contributed by atoms with Crippen molar-refractivity contribution in [2.75, 3.05) is 6.54 Å². The smallest absolute Gasteiger partial charge is 0.145 e. The van der Waals surface area contributed by atoms with E-state index >= 15 is 0 Å². The highest BCUT2D eigenvalue weighted by Crippen LogP contribution is 2.23. The van der Waals surface area contributed by atoms with E-state index in [4.69, 9.17) is 5.26 Å². The molecule has 102 valence electrons. The third kappa shape index (κ3) is 3.33. The normalized spacial score (nSPS) is 20.8. The fourth-order valence-corrected chi connectivity index (χ4v) is 2.91. The standard InChI is InChI=1S/C16H21FN2/c1-2-15-9-4-3-5-10-19(15)12-14-8-6-7-13(11-18)16(14)17/h6-8,15H,2-5,9-10,12H2,1H3. The Kier molecular flexibility index (Phi) is 4.93. The Morgan fingerprint density at radius 1 is 1.37 bits per heavy atom. The topological polar surface area (TPSA) is 27.0 Å². The Hall–Kier alpha value is -1.40. The van der Waals surface area contributed by atoms with Crippen LogP contribution in [0.25, 0.3) is 0 Å². The average Bonchev–Trinajstić information content (AvgIpc) is 2.66. The molecule has 1 unspecified atom stereocenters. The van der Waals surface area contributed by atoms with E-state index < -0.39 is 0 Å². The molecule has 1 heterocycles. The van der Waals surface area contributed by atoms with E-state index in [1.807, 2.05) is 6.07 Å². The lowest BCUT2D eigenvalue weighted by molar-refractivity contribution is 0.184. The molecule has 3 heteroatoms. The van der Waals surface area contributed by atoms with Crippen LogP contribution in [0, 0.1) is 17.1 Å². The van der Waals surface area contributed by atoms with E-state index in [0.717, 1.165) is 13.0 Å². The minimum absolute atomic E-state index is 0.153. The number of hydrogen-bond acceptors (Lipinski definition) is 2. The van der Waals surface area contributed by atoms with E-state index in [2.05, 4.69) is 11.8 Å². The Morgan fingerprint density at radius 2 is 2.21 bits per heavy atom. The summed E-state index contributed by atoms with van der Waals surface area (Å²) in [4.78, 5) is 2.38. The quantitative estimate of drug-likeness (QED) is 0.825. The zero-order valence-electron chi connectivity index (χ0n) is 11.5. The second-order valence-electron chi connectivity index (χ2n) is 5.27. The molecule has 2 rings (SSSR count). The molecule has 1 aliphatic heterocycles. The monoisotopic (exact) mass is 260 g/mol. The summed E-state index contributed by atoms with van der Waals surface area (Å²) in [5.41, 5.74) is 0.805. The molecular weight excluding hydrogens is 239 g/mol. The molecular formula is C16H21FN2. The lowest BCUT2D eigenvalue weighted by Gasteiger charge is -2.29. The maximum absolute atomic E-state index is 14.1. The zero-order chi connectivity index (χ0) is 13.7. The highest BCUT2D eigenvalue weighted by atomic mass is 19.1. The van der Waals surface area contributed by atoms with Gasteiger partial charge in [0.15, 0.2) is 0 Å². The molecule has 1 aromatic rings. The van der Waals surface area contributed by atoms with Crippen LogP contribution in [0.2, 0.25) is 0 Å². The summed E-state index contributed by atoms with van der Waals surface area (Å²) in [6, 6.07) is 7.58. The van der Waals surface area contributed by atoms with Crippen LogP contribution in [-0.2, 0) is 6.54 Å². The van der Waals surface area contributed by atoms with Gasteiger partial charge >= 0.3 is 0 Å². The molecule has 1 saturated heterocycles. The third-order valence-electron chi connectivity index (χ3n) is 4.04. The van der Waals surface area contributed by atoms with Gasteiger partial charge in [0, 0.05) is 18.2 Å². The van der Waals surface area contributed by atoms with Crippen molar-refractivity contribution in [3.05, 3.63) is 35.1 Å². The van der Waals surface area contributed by atoms with Crippen LogP contribution in [0.4, 0.5) is 4.39 Å². The van der Waals surface area contributed by atoms with Gasteiger partial charge in [0.1, 0.15) is 11.9 Å². The van der Waals surface area contributed by atoms with Crippen LogP contribution in [0.15, 0.2) is 18.2 Å². The van der Waals surface area contributed by atoms with E-state index in [-0.39, 0.29) is 11.4 Å². The molecule has 0 aromatic heterocycles. The average molecular weight is 260 g/mol. The molecule has 1 fully saturated rings. The fourth-order valence-electron chi connectivity index (χ4n) is 2.91. The number of benzene rings is 1. The number of nitriles is 1. The second kappa shape index (κ2) is 6.68. The first-order valence-corrected chi connectivity index (χ1v) is 7.17. The molecule has 0 radical (unpaired) electrons. The molecule has 2 nitrogen and oxygen atoms in total. The summed E-state index contributed by atoms with van der Waals surface area (Å²) in [5, 5.41) is 8.89. The molecule has 1 atom stereocenters. The van der Waals surface area contributed by atoms with Gasteiger partial charge in [-0.1, -0.05) is 31.9 Å². The van der Waals surface area contributed by atoms with Crippen molar-refractivity contribution < 1.29 is 4.39 Å². The zero-order valence-corrected chi connectivity index (χ0v) is 11.5. The summed E-state index contributed by atoms with van der Waals surface area (Å²) in [6.45, 7) is 3.86. The summed E-state index contributed by atoms with van der Waals surface area (Å²) in [5.74, 6) is -0.343. The second-order valence-corrected chi connectivity index (χ2v) is 5.27. The molecule has 1 aliphatic rings. The van der Waals surface area contributed by atoms with E-state index in [9.17, 15) is 4.39 Å². The largest absolute Gasteiger partial charge is 0.296 e. The molecule has 0 saturated carbocycles. The number of hydrogen-bond donors (Lipinski definition) is 0. The van der Waals surface area contributed by atoms with E-state index in [1.165, 1.54) is 25.7 Å². The molecule has 0 spiro atoms. The summed E-state index contributed by atoms with van der Waals surface area (Å²) >= 11 is 0.